The summed E-state index contributed by atoms with van der Waals surface area (Å²) in [5.74, 6) is -1.31. The zero-order valence-electron chi connectivity index (χ0n) is 10.4. The molecule has 9 heteroatoms. The molecule has 1 heterocycles. The van der Waals surface area contributed by atoms with Gasteiger partial charge in [-0.3, -0.25) is 4.57 Å². The number of nitrogens with one attached hydrogen (secondary N) is 1. The number of aromatic carboxylic acids is 1. The Labute approximate surface area is 113 Å². The number of aryl methyl sites for hydroxylation is 1. The number of carbonyl (C=O) groups is 1. The number of carboxylic acid groups (broad SMARTS) is 1. The number of fused-ring (bicyclic) bond motifs is 1. The fraction of sp³-hybridized carbons (Fsp3) is 0.273. The van der Waals surface area contributed by atoms with E-state index in [2.05, 4.69) is 4.98 Å². The topological polar surface area (TPSA) is 135 Å². The maximum Gasteiger partial charge on any atom is 0.335 e. The number of hydrogen-bond donors (Lipinski definition) is 3. The number of H-pyrrole nitrogens is 1. The van der Waals surface area contributed by atoms with Crippen molar-refractivity contribution in [1.29, 1.82) is 0 Å². The molecular formula is C11H13N3O5S. The molecule has 0 bridgehead atoms. The Morgan fingerprint density at radius 2 is 2.10 bits per heavy atom. The van der Waals surface area contributed by atoms with E-state index in [0.29, 0.717) is 11.0 Å². The van der Waals surface area contributed by atoms with Crippen molar-refractivity contribution < 1.29 is 18.3 Å². The van der Waals surface area contributed by atoms with E-state index in [1.54, 1.807) is 0 Å². The van der Waals surface area contributed by atoms with Gasteiger partial charge in [0.05, 0.1) is 22.3 Å². The van der Waals surface area contributed by atoms with Crippen molar-refractivity contribution in [2.24, 2.45) is 5.14 Å². The van der Waals surface area contributed by atoms with Crippen molar-refractivity contribution in [3.63, 3.8) is 0 Å². The molecule has 0 radical (unpaired) electrons. The molecule has 1 aromatic carbocycles. The Morgan fingerprint density at radius 1 is 1.40 bits per heavy atom. The van der Waals surface area contributed by atoms with Gasteiger partial charge < -0.3 is 10.1 Å². The van der Waals surface area contributed by atoms with Gasteiger partial charge in [0.15, 0.2) is 0 Å². The van der Waals surface area contributed by atoms with Crippen LogP contribution in [-0.4, -0.2) is 34.8 Å². The molecule has 8 nitrogen and oxygen atoms in total. The van der Waals surface area contributed by atoms with Crippen LogP contribution in [0.25, 0.3) is 11.0 Å². The second-order valence-corrected chi connectivity index (χ2v) is 6.07. The highest BCUT2D eigenvalue weighted by atomic mass is 32.2. The number of nitrogens with two attached hydrogens (primary N) is 1. The summed E-state index contributed by atoms with van der Waals surface area (Å²) in [6, 6.07) is 4.25. The van der Waals surface area contributed by atoms with Crippen molar-refractivity contribution in [3.8, 4) is 0 Å². The van der Waals surface area contributed by atoms with Gasteiger partial charge in [0.2, 0.25) is 10.0 Å². The van der Waals surface area contributed by atoms with E-state index in [-0.39, 0.29) is 24.3 Å². The molecule has 0 amide bonds. The number of benzene rings is 1. The van der Waals surface area contributed by atoms with Crippen molar-refractivity contribution >= 4 is 27.0 Å². The fourth-order valence-corrected chi connectivity index (χ4v) is 2.47. The maximum absolute atomic E-state index is 11.8. The number of hydrogen-bond acceptors (Lipinski definition) is 4. The minimum absolute atomic E-state index is 0.0652. The molecule has 2 aromatic rings. The summed E-state index contributed by atoms with van der Waals surface area (Å²) >= 11 is 0. The predicted molar refractivity (Wildman–Crippen MR) is 72.1 cm³/mol. The van der Waals surface area contributed by atoms with Gasteiger partial charge in [0.1, 0.15) is 0 Å². The Morgan fingerprint density at radius 3 is 2.70 bits per heavy atom. The van der Waals surface area contributed by atoms with E-state index < -0.39 is 21.7 Å². The van der Waals surface area contributed by atoms with E-state index in [9.17, 15) is 18.0 Å². The summed E-state index contributed by atoms with van der Waals surface area (Å²) in [7, 11) is -3.56. The van der Waals surface area contributed by atoms with Crippen LogP contribution in [0, 0.1) is 0 Å². The number of rotatable bonds is 5. The van der Waals surface area contributed by atoms with E-state index in [4.69, 9.17) is 10.2 Å². The highest BCUT2D eigenvalue weighted by Gasteiger charge is 2.11. The molecule has 108 valence electrons. The van der Waals surface area contributed by atoms with Crippen LogP contribution in [0.2, 0.25) is 0 Å². The maximum atomic E-state index is 11.8. The molecule has 1 aromatic heterocycles. The number of nitrogens with zero attached hydrogens (tertiary/aromatic N) is 1. The largest absolute Gasteiger partial charge is 0.478 e. The molecule has 0 fully saturated rings. The first kappa shape index (κ1) is 14.3. The summed E-state index contributed by atoms with van der Waals surface area (Å²) in [5.41, 5.74) is 0.562. The molecule has 20 heavy (non-hydrogen) atoms. The minimum Gasteiger partial charge on any atom is -0.478 e. The lowest BCUT2D eigenvalue weighted by molar-refractivity contribution is 0.0697. The van der Waals surface area contributed by atoms with Crippen molar-refractivity contribution in [2.45, 2.75) is 13.0 Å². The first-order valence-corrected chi connectivity index (χ1v) is 7.46. The van der Waals surface area contributed by atoms with Crippen LogP contribution in [0.3, 0.4) is 0 Å². The molecule has 0 aliphatic heterocycles. The van der Waals surface area contributed by atoms with Gasteiger partial charge >= 0.3 is 11.7 Å². The van der Waals surface area contributed by atoms with Crippen LogP contribution in [0.4, 0.5) is 0 Å². The number of primary sulfonamides is 1. The molecule has 0 aliphatic carbocycles. The fourth-order valence-electron chi connectivity index (χ4n) is 1.94. The Hall–Kier alpha value is -2.13. The Balaban J connectivity index is 2.32. The van der Waals surface area contributed by atoms with Crippen LogP contribution >= 0.6 is 0 Å². The Kier molecular flexibility index (Phi) is 3.64. The molecule has 2 rings (SSSR count). The van der Waals surface area contributed by atoms with E-state index in [1.807, 2.05) is 0 Å². The van der Waals surface area contributed by atoms with Gasteiger partial charge in [0, 0.05) is 6.54 Å². The van der Waals surface area contributed by atoms with Crippen molar-refractivity contribution in [2.75, 3.05) is 5.75 Å². The molecule has 0 spiro atoms. The third-order valence-corrected chi connectivity index (χ3v) is 3.69. The molecular weight excluding hydrogens is 286 g/mol. The average Bonchev–Trinajstić information content (AvgIpc) is 2.63. The lowest BCUT2D eigenvalue weighted by Crippen LogP contribution is -2.21. The van der Waals surface area contributed by atoms with Gasteiger partial charge in [-0.1, -0.05) is 0 Å². The molecule has 0 aliphatic rings. The standard InChI is InChI=1S/C11H13N3O5S/c12-20(18,19)5-1-4-14-9-3-2-7(10(15)16)6-8(9)13-11(14)17/h2-3,6H,1,4-5H2,(H,13,17)(H,15,16)(H2,12,18,19). The first-order chi connectivity index (χ1) is 9.28. The van der Waals surface area contributed by atoms with Gasteiger partial charge in [0.25, 0.3) is 0 Å². The van der Waals surface area contributed by atoms with Gasteiger partial charge in [-0.05, 0) is 24.6 Å². The lowest BCUT2D eigenvalue weighted by Gasteiger charge is -2.03. The molecule has 0 saturated heterocycles. The minimum atomic E-state index is -3.56. The number of aromatic amines is 1. The van der Waals surface area contributed by atoms with E-state index in [1.165, 1.54) is 22.8 Å². The highest BCUT2D eigenvalue weighted by Crippen LogP contribution is 2.13. The summed E-state index contributed by atoms with van der Waals surface area (Å²) in [4.78, 5) is 25.1. The quantitative estimate of drug-likeness (QED) is 0.697. The monoisotopic (exact) mass is 299 g/mol. The van der Waals surface area contributed by atoms with Gasteiger partial charge in [-0.15, -0.1) is 0 Å². The normalized spacial score (nSPS) is 11.8. The average molecular weight is 299 g/mol. The number of sulfonamides is 1. The number of carboxylic acids is 1. The summed E-state index contributed by atoms with van der Waals surface area (Å²) < 4.78 is 23.0. The summed E-state index contributed by atoms with van der Waals surface area (Å²) in [6.07, 6.45) is 0.201. The molecule has 4 N–H and O–H groups in total. The zero-order chi connectivity index (χ0) is 14.9. The summed E-state index contributed by atoms with van der Waals surface area (Å²) in [5, 5.41) is 13.8. The first-order valence-electron chi connectivity index (χ1n) is 5.74. The van der Waals surface area contributed by atoms with Crippen molar-refractivity contribution in [3.05, 3.63) is 34.2 Å². The molecule has 0 saturated carbocycles. The number of aromatic nitrogens is 2. The molecule has 0 unspecified atom stereocenters. The van der Waals surface area contributed by atoms with Crippen LogP contribution in [0.1, 0.15) is 16.8 Å². The van der Waals surface area contributed by atoms with Gasteiger partial charge in [-0.25, -0.2) is 23.1 Å². The van der Waals surface area contributed by atoms with Gasteiger partial charge in [-0.2, -0.15) is 0 Å². The highest BCUT2D eigenvalue weighted by molar-refractivity contribution is 7.89. The van der Waals surface area contributed by atoms with Crippen LogP contribution < -0.4 is 10.8 Å². The SMILES string of the molecule is NS(=O)(=O)CCCn1c(=O)[nH]c2cc(C(=O)O)ccc21. The second kappa shape index (κ2) is 5.10. The smallest absolute Gasteiger partial charge is 0.335 e. The van der Waals surface area contributed by atoms with Crippen LogP contribution in [0.15, 0.2) is 23.0 Å². The molecule has 0 atom stereocenters. The zero-order valence-corrected chi connectivity index (χ0v) is 11.2. The second-order valence-electron chi connectivity index (χ2n) is 4.34. The Bertz CT molecular complexity index is 818. The number of imidazole rings is 1. The van der Waals surface area contributed by atoms with Crippen molar-refractivity contribution in [1.82, 2.24) is 9.55 Å². The van der Waals surface area contributed by atoms with Crippen LogP contribution in [0.5, 0.6) is 0 Å². The van der Waals surface area contributed by atoms with Crippen LogP contribution in [-0.2, 0) is 16.6 Å². The van der Waals surface area contributed by atoms with E-state index >= 15 is 0 Å². The predicted octanol–water partition coefficient (Wildman–Crippen LogP) is -0.294. The summed E-state index contributed by atoms with van der Waals surface area (Å²) in [6.45, 7) is 0.182. The third kappa shape index (κ3) is 3.06. The lowest BCUT2D eigenvalue weighted by atomic mass is 10.2. The van der Waals surface area contributed by atoms with E-state index in [0.717, 1.165) is 0 Å². The third-order valence-electron chi connectivity index (χ3n) is 2.83.